The molecule has 0 spiro atoms. The second-order valence-corrected chi connectivity index (χ2v) is 6.33. The van der Waals surface area contributed by atoms with Crippen molar-refractivity contribution in [2.24, 2.45) is 0 Å². The Morgan fingerprint density at radius 1 is 1.07 bits per heavy atom. The van der Waals surface area contributed by atoms with Crippen LogP contribution in [0.5, 0.6) is 0 Å². The Kier molecular flexibility index (Phi) is 7.59. The van der Waals surface area contributed by atoms with E-state index in [1.807, 2.05) is 0 Å². The zero-order chi connectivity index (χ0) is 11.0. The van der Waals surface area contributed by atoms with Crippen LogP contribution in [0.25, 0.3) is 0 Å². The first-order valence-electron chi connectivity index (χ1n) is 5.14. The molecule has 0 rings (SSSR count). The van der Waals surface area contributed by atoms with Crippen LogP contribution >= 0.6 is 10.7 Å². The fourth-order valence-corrected chi connectivity index (χ4v) is 2.23. The van der Waals surface area contributed by atoms with Gasteiger partial charge in [0.1, 0.15) is 0 Å². The minimum atomic E-state index is -3.30. The number of hydrogen-bond donors (Lipinski definition) is 0. The van der Waals surface area contributed by atoms with Gasteiger partial charge < -0.3 is 4.90 Å². The van der Waals surface area contributed by atoms with E-state index >= 15 is 0 Å². The van der Waals surface area contributed by atoms with Crippen LogP contribution in [0.1, 0.15) is 33.1 Å². The van der Waals surface area contributed by atoms with Crippen LogP contribution < -0.4 is 0 Å². The van der Waals surface area contributed by atoms with Crippen molar-refractivity contribution in [3.63, 3.8) is 0 Å². The van der Waals surface area contributed by atoms with Crippen LogP contribution in [0.15, 0.2) is 0 Å². The lowest BCUT2D eigenvalue weighted by atomic mass is 10.3. The van der Waals surface area contributed by atoms with Gasteiger partial charge in [-0.2, -0.15) is 0 Å². The smallest absolute Gasteiger partial charge is 0.232 e. The van der Waals surface area contributed by atoms with E-state index in [1.165, 1.54) is 0 Å². The highest BCUT2D eigenvalue weighted by Crippen LogP contribution is 2.02. The van der Waals surface area contributed by atoms with E-state index in [9.17, 15) is 8.42 Å². The average Bonchev–Trinajstić information content (AvgIpc) is 2.02. The zero-order valence-electron chi connectivity index (χ0n) is 9.00. The highest BCUT2D eigenvalue weighted by atomic mass is 35.7. The second-order valence-electron chi connectivity index (χ2n) is 3.44. The second kappa shape index (κ2) is 7.49. The molecule has 86 valence electrons. The molecule has 0 aliphatic rings. The van der Waals surface area contributed by atoms with E-state index in [0.29, 0.717) is 6.42 Å². The van der Waals surface area contributed by atoms with Gasteiger partial charge in [0.2, 0.25) is 9.05 Å². The SMILES string of the molecule is CCCN(CCC)CCCS(=O)(=O)Cl. The van der Waals surface area contributed by atoms with E-state index in [2.05, 4.69) is 18.7 Å². The van der Waals surface area contributed by atoms with Crippen LogP contribution in [-0.2, 0) is 9.05 Å². The van der Waals surface area contributed by atoms with Gasteiger partial charge in [-0.05, 0) is 38.9 Å². The number of halogens is 1. The predicted octanol–water partition coefficient (Wildman–Crippen LogP) is 2.07. The van der Waals surface area contributed by atoms with Crippen molar-refractivity contribution in [2.45, 2.75) is 33.1 Å². The molecule has 0 radical (unpaired) electrons. The summed E-state index contributed by atoms with van der Waals surface area (Å²) in [5.41, 5.74) is 0. The Balaban J connectivity index is 3.70. The molecule has 0 atom stereocenters. The summed E-state index contributed by atoms with van der Waals surface area (Å²) in [6.45, 7) is 7.15. The summed E-state index contributed by atoms with van der Waals surface area (Å²) in [6.07, 6.45) is 2.84. The highest BCUT2D eigenvalue weighted by molar-refractivity contribution is 8.13. The average molecular weight is 242 g/mol. The normalized spacial score (nSPS) is 12.3. The third-order valence-corrected chi connectivity index (χ3v) is 3.18. The van der Waals surface area contributed by atoms with Crippen molar-refractivity contribution in [2.75, 3.05) is 25.4 Å². The third kappa shape index (κ3) is 8.78. The van der Waals surface area contributed by atoms with Crippen molar-refractivity contribution in [1.82, 2.24) is 4.90 Å². The molecule has 0 amide bonds. The zero-order valence-corrected chi connectivity index (χ0v) is 10.6. The standard InChI is InChI=1S/C9H20ClNO2S/c1-3-6-11(7-4-2)8-5-9-14(10,12)13/h3-9H2,1-2H3. The Labute approximate surface area is 91.9 Å². The molecule has 0 unspecified atom stereocenters. The molecule has 14 heavy (non-hydrogen) atoms. The molecule has 0 aromatic rings. The minimum absolute atomic E-state index is 0.0818. The Bertz CT molecular complexity index is 223. The molecule has 0 heterocycles. The minimum Gasteiger partial charge on any atom is -0.303 e. The first kappa shape index (κ1) is 14.2. The van der Waals surface area contributed by atoms with Gasteiger partial charge >= 0.3 is 0 Å². The molecule has 0 fully saturated rings. The van der Waals surface area contributed by atoms with Gasteiger partial charge in [-0.25, -0.2) is 8.42 Å². The molecule has 0 aromatic heterocycles. The van der Waals surface area contributed by atoms with Gasteiger partial charge in [0.15, 0.2) is 0 Å². The van der Waals surface area contributed by atoms with E-state index < -0.39 is 9.05 Å². The maximum atomic E-state index is 10.7. The van der Waals surface area contributed by atoms with Crippen LogP contribution in [0.2, 0.25) is 0 Å². The molecular formula is C9H20ClNO2S. The van der Waals surface area contributed by atoms with Gasteiger partial charge in [0, 0.05) is 10.7 Å². The van der Waals surface area contributed by atoms with Gasteiger partial charge in [0.05, 0.1) is 5.75 Å². The molecule has 0 bridgehead atoms. The predicted molar refractivity (Wildman–Crippen MR) is 61.3 cm³/mol. The molecule has 0 aliphatic carbocycles. The number of rotatable bonds is 8. The monoisotopic (exact) mass is 241 g/mol. The summed E-state index contributed by atoms with van der Waals surface area (Å²) < 4.78 is 21.4. The topological polar surface area (TPSA) is 37.4 Å². The van der Waals surface area contributed by atoms with E-state index in [0.717, 1.165) is 32.5 Å². The van der Waals surface area contributed by atoms with Crippen molar-refractivity contribution in [3.05, 3.63) is 0 Å². The number of nitrogens with zero attached hydrogens (tertiary/aromatic N) is 1. The molecular weight excluding hydrogens is 222 g/mol. The Hall–Kier alpha value is 0.200. The summed E-state index contributed by atoms with van der Waals surface area (Å²) in [5.74, 6) is 0.0818. The summed E-state index contributed by atoms with van der Waals surface area (Å²) >= 11 is 0. The van der Waals surface area contributed by atoms with Crippen molar-refractivity contribution in [1.29, 1.82) is 0 Å². The number of hydrogen-bond acceptors (Lipinski definition) is 3. The highest BCUT2D eigenvalue weighted by Gasteiger charge is 2.07. The van der Waals surface area contributed by atoms with Gasteiger partial charge in [-0.15, -0.1) is 0 Å². The quantitative estimate of drug-likeness (QED) is 0.611. The van der Waals surface area contributed by atoms with Crippen LogP contribution in [-0.4, -0.2) is 38.7 Å². The summed E-state index contributed by atoms with van der Waals surface area (Å²) in [4.78, 5) is 2.28. The van der Waals surface area contributed by atoms with Crippen molar-refractivity contribution < 1.29 is 8.42 Å². The largest absolute Gasteiger partial charge is 0.303 e. The summed E-state index contributed by atoms with van der Waals surface area (Å²) in [7, 11) is 1.82. The fraction of sp³-hybridized carbons (Fsp3) is 1.00. The molecule has 0 saturated carbocycles. The Morgan fingerprint density at radius 3 is 1.93 bits per heavy atom. The van der Waals surface area contributed by atoms with E-state index in [1.54, 1.807) is 0 Å². The van der Waals surface area contributed by atoms with Crippen molar-refractivity contribution >= 4 is 19.7 Å². The van der Waals surface area contributed by atoms with Crippen LogP contribution in [0.3, 0.4) is 0 Å². The van der Waals surface area contributed by atoms with Crippen molar-refractivity contribution in [3.8, 4) is 0 Å². The summed E-state index contributed by atoms with van der Waals surface area (Å²) in [6, 6.07) is 0. The van der Waals surface area contributed by atoms with Gasteiger partial charge in [-0.1, -0.05) is 13.8 Å². The van der Waals surface area contributed by atoms with E-state index in [4.69, 9.17) is 10.7 Å². The molecule has 3 nitrogen and oxygen atoms in total. The third-order valence-electron chi connectivity index (χ3n) is 1.94. The molecule has 0 N–H and O–H groups in total. The maximum absolute atomic E-state index is 10.7. The van der Waals surface area contributed by atoms with Crippen LogP contribution in [0.4, 0.5) is 0 Å². The molecule has 0 saturated heterocycles. The maximum Gasteiger partial charge on any atom is 0.232 e. The fourth-order valence-electron chi connectivity index (χ4n) is 1.43. The van der Waals surface area contributed by atoms with Gasteiger partial charge in [0.25, 0.3) is 0 Å². The first-order valence-corrected chi connectivity index (χ1v) is 7.62. The Morgan fingerprint density at radius 2 is 1.57 bits per heavy atom. The van der Waals surface area contributed by atoms with Gasteiger partial charge in [-0.3, -0.25) is 0 Å². The lowest BCUT2D eigenvalue weighted by Gasteiger charge is -2.20. The van der Waals surface area contributed by atoms with Crippen LogP contribution in [0, 0.1) is 0 Å². The summed E-state index contributed by atoms with van der Waals surface area (Å²) in [5, 5.41) is 0. The lowest BCUT2D eigenvalue weighted by Crippen LogP contribution is -2.27. The lowest BCUT2D eigenvalue weighted by molar-refractivity contribution is 0.276. The molecule has 0 aliphatic heterocycles. The molecule has 0 aromatic carbocycles. The first-order chi connectivity index (χ1) is 6.49. The van der Waals surface area contributed by atoms with E-state index in [-0.39, 0.29) is 5.75 Å². The molecule has 5 heteroatoms.